The Balaban J connectivity index is 2.05. The molecule has 21 heavy (non-hydrogen) atoms. The number of benzene rings is 1. The van der Waals surface area contributed by atoms with Crippen molar-refractivity contribution in [3.05, 3.63) is 59.7 Å². The molecule has 0 amide bonds. The summed E-state index contributed by atoms with van der Waals surface area (Å²) in [5, 5.41) is 9.62. The zero-order valence-electron chi connectivity index (χ0n) is 12.0. The number of phenolic OH excluding ortho intramolecular Hbond substituents is 1. The second kappa shape index (κ2) is 7.33. The van der Waals surface area contributed by atoms with Crippen LogP contribution in [0.2, 0.25) is 0 Å². The number of carbonyl (C=O) groups is 1. The number of hydrogen-bond acceptors (Lipinski definition) is 4. The third-order valence-electron chi connectivity index (χ3n) is 3.10. The van der Waals surface area contributed by atoms with Gasteiger partial charge in [0.2, 0.25) is 5.78 Å². The smallest absolute Gasteiger partial charge is 0.205 e. The monoisotopic (exact) mass is 282 g/mol. The predicted molar refractivity (Wildman–Crippen MR) is 82.1 cm³/mol. The topological polar surface area (TPSA) is 63.1 Å². The SMILES string of the molecule is CCCCc1cnc(C(=O)/C=C/c2ccccc2O)cn1. The molecule has 0 spiro atoms. The number of aryl methyl sites for hydroxylation is 1. The van der Waals surface area contributed by atoms with Crippen LogP contribution in [-0.4, -0.2) is 20.9 Å². The number of aromatic nitrogens is 2. The lowest BCUT2D eigenvalue weighted by Gasteiger charge is -2.00. The molecule has 2 rings (SSSR count). The van der Waals surface area contributed by atoms with E-state index in [2.05, 4.69) is 16.9 Å². The standard InChI is InChI=1S/C17H18N2O2/c1-2-3-7-14-11-19-15(12-18-14)17(21)10-9-13-6-4-5-8-16(13)20/h4-6,8-12,20H,2-3,7H2,1H3/b10-9+. The molecule has 0 fully saturated rings. The first-order valence-corrected chi connectivity index (χ1v) is 7.02. The molecule has 4 nitrogen and oxygen atoms in total. The Labute approximate surface area is 124 Å². The van der Waals surface area contributed by atoms with Crippen molar-refractivity contribution in [2.24, 2.45) is 0 Å². The second-order valence-corrected chi connectivity index (χ2v) is 4.75. The fraction of sp³-hybridized carbons (Fsp3) is 0.235. The molecule has 0 radical (unpaired) electrons. The van der Waals surface area contributed by atoms with Crippen LogP contribution in [0.3, 0.4) is 0 Å². The second-order valence-electron chi connectivity index (χ2n) is 4.75. The van der Waals surface area contributed by atoms with Crippen LogP contribution in [0, 0.1) is 0 Å². The summed E-state index contributed by atoms with van der Waals surface area (Å²) >= 11 is 0. The number of phenols is 1. The van der Waals surface area contributed by atoms with Crippen molar-refractivity contribution in [2.45, 2.75) is 26.2 Å². The normalized spacial score (nSPS) is 10.9. The van der Waals surface area contributed by atoms with Gasteiger partial charge in [-0.25, -0.2) is 4.98 Å². The van der Waals surface area contributed by atoms with Crippen LogP contribution in [0.4, 0.5) is 0 Å². The van der Waals surface area contributed by atoms with Crippen molar-refractivity contribution in [3.63, 3.8) is 0 Å². The summed E-state index contributed by atoms with van der Waals surface area (Å²) in [5.74, 6) is -0.0876. The lowest BCUT2D eigenvalue weighted by Crippen LogP contribution is -2.01. The molecule has 2 aromatic rings. The lowest BCUT2D eigenvalue weighted by atomic mass is 10.1. The van der Waals surface area contributed by atoms with E-state index in [1.54, 1.807) is 36.5 Å². The fourth-order valence-corrected chi connectivity index (χ4v) is 1.85. The van der Waals surface area contributed by atoms with E-state index >= 15 is 0 Å². The average Bonchev–Trinajstić information content (AvgIpc) is 2.52. The Morgan fingerprint density at radius 1 is 1.24 bits per heavy atom. The predicted octanol–water partition coefficient (Wildman–Crippen LogP) is 3.42. The zero-order valence-corrected chi connectivity index (χ0v) is 12.0. The van der Waals surface area contributed by atoms with Crippen molar-refractivity contribution in [2.75, 3.05) is 0 Å². The molecule has 1 heterocycles. The molecule has 108 valence electrons. The Morgan fingerprint density at radius 2 is 2.05 bits per heavy atom. The summed E-state index contributed by atoms with van der Waals surface area (Å²) in [6.07, 6.45) is 9.17. The quantitative estimate of drug-likeness (QED) is 0.651. The summed E-state index contributed by atoms with van der Waals surface area (Å²) in [6.45, 7) is 2.12. The van der Waals surface area contributed by atoms with Crippen LogP contribution < -0.4 is 0 Å². The van der Waals surface area contributed by atoms with Gasteiger partial charge in [-0.3, -0.25) is 9.78 Å². The van der Waals surface area contributed by atoms with Gasteiger partial charge in [0.25, 0.3) is 0 Å². The summed E-state index contributed by atoms with van der Waals surface area (Å²) in [6, 6.07) is 6.84. The molecule has 0 saturated heterocycles. The van der Waals surface area contributed by atoms with Gasteiger partial charge in [0.1, 0.15) is 11.4 Å². The fourth-order valence-electron chi connectivity index (χ4n) is 1.85. The van der Waals surface area contributed by atoms with Gasteiger partial charge in [-0.15, -0.1) is 0 Å². The van der Waals surface area contributed by atoms with Gasteiger partial charge in [-0.2, -0.15) is 0 Å². The summed E-state index contributed by atoms with van der Waals surface area (Å²) in [5.41, 5.74) is 1.80. The first-order valence-electron chi connectivity index (χ1n) is 7.02. The van der Waals surface area contributed by atoms with Gasteiger partial charge in [0, 0.05) is 11.8 Å². The van der Waals surface area contributed by atoms with E-state index in [1.807, 2.05) is 0 Å². The molecule has 0 aliphatic carbocycles. The zero-order chi connectivity index (χ0) is 15.1. The van der Waals surface area contributed by atoms with Crippen molar-refractivity contribution < 1.29 is 9.90 Å². The number of ketones is 1. The highest BCUT2D eigenvalue weighted by Crippen LogP contribution is 2.17. The maximum atomic E-state index is 12.0. The number of unbranched alkanes of at least 4 members (excludes halogenated alkanes) is 1. The highest BCUT2D eigenvalue weighted by Gasteiger charge is 2.05. The summed E-state index contributed by atoms with van der Waals surface area (Å²) in [4.78, 5) is 20.4. The number of nitrogens with zero attached hydrogens (tertiary/aromatic N) is 2. The van der Waals surface area contributed by atoms with E-state index in [9.17, 15) is 9.90 Å². The van der Waals surface area contributed by atoms with Crippen molar-refractivity contribution in [1.82, 2.24) is 9.97 Å². The van der Waals surface area contributed by atoms with Gasteiger partial charge < -0.3 is 5.11 Å². The van der Waals surface area contributed by atoms with Gasteiger partial charge in [-0.1, -0.05) is 31.5 Å². The molecule has 1 aromatic heterocycles. The van der Waals surface area contributed by atoms with E-state index in [1.165, 1.54) is 12.3 Å². The Kier molecular flexibility index (Phi) is 5.21. The van der Waals surface area contributed by atoms with E-state index in [0.717, 1.165) is 25.0 Å². The Bertz CT molecular complexity index is 633. The van der Waals surface area contributed by atoms with Crippen LogP contribution in [0.15, 0.2) is 42.7 Å². The van der Waals surface area contributed by atoms with Crippen molar-refractivity contribution in [3.8, 4) is 5.75 Å². The molecule has 0 bridgehead atoms. The van der Waals surface area contributed by atoms with Crippen LogP contribution in [-0.2, 0) is 6.42 Å². The number of allylic oxidation sites excluding steroid dienone is 1. The van der Waals surface area contributed by atoms with E-state index in [0.29, 0.717) is 11.3 Å². The molecule has 0 atom stereocenters. The molecule has 0 saturated carbocycles. The van der Waals surface area contributed by atoms with Crippen molar-refractivity contribution >= 4 is 11.9 Å². The molecule has 0 aliphatic heterocycles. The highest BCUT2D eigenvalue weighted by molar-refractivity contribution is 6.05. The number of aromatic hydroxyl groups is 1. The van der Waals surface area contributed by atoms with E-state index in [4.69, 9.17) is 0 Å². The van der Waals surface area contributed by atoms with Gasteiger partial charge in [0.15, 0.2) is 0 Å². The molecular formula is C17H18N2O2. The molecule has 0 unspecified atom stereocenters. The van der Waals surface area contributed by atoms with Crippen LogP contribution >= 0.6 is 0 Å². The number of rotatable bonds is 6. The molecule has 1 N–H and O–H groups in total. The van der Waals surface area contributed by atoms with Crippen LogP contribution in [0.5, 0.6) is 5.75 Å². The minimum atomic E-state index is -0.229. The first kappa shape index (κ1) is 14.9. The molecule has 0 aliphatic rings. The van der Waals surface area contributed by atoms with Gasteiger partial charge in [-0.05, 0) is 31.1 Å². The van der Waals surface area contributed by atoms with E-state index in [-0.39, 0.29) is 11.5 Å². The summed E-state index contributed by atoms with van der Waals surface area (Å²) < 4.78 is 0. The molecule has 1 aromatic carbocycles. The minimum absolute atomic E-state index is 0.141. The average molecular weight is 282 g/mol. The minimum Gasteiger partial charge on any atom is -0.507 e. The number of para-hydroxylation sites is 1. The number of hydrogen-bond donors (Lipinski definition) is 1. The number of carbonyl (C=O) groups excluding carboxylic acids is 1. The lowest BCUT2D eigenvalue weighted by molar-refractivity contribution is 0.104. The molecular weight excluding hydrogens is 264 g/mol. The third-order valence-corrected chi connectivity index (χ3v) is 3.10. The Hall–Kier alpha value is -2.49. The largest absolute Gasteiger partial charge is 0.507 e. The van der Waals surface area contributed by atoms with Gasteiger partial charge in [0.05, 0.1) is 11.9 Å². The third kappa shape index (κ3) is 4.24. The summed E-state index contributed by atoms with van der Waals surface area (Å²) in [7, 11) is 0. The first-order chi connectivity index (χ1) is 10.2. The Morgan fingerprint density at radius 3 is 2.71 bits per heavy atom. The van der Waals surface area contributed by atoms with Crippen LogP contribution in [0.25, 0.3) is 6.08 Å². The van der Waals surface area contributed by atoms with Crippen LogP contribution in [0.1, 0.15) is 41.5 Å². The van der Waals surface area contributed by atoms with Gasteiger partial charge >= 0.3 is 0 Å². The maximum Gasteiger partial charge on any atom is 0.205 e. The maximum absolute atomic E-state index is 12.0. The molecule has 4 heteroatoms. The van der Waals surface area contributed by atoms with Crippen molar-refractivity contribution in [1.29, 1.82) is 0 Å². The van der Waals surface area contributed by atoms with E-state index < -0.39 is 0 Å². The highest BCUT2D eigenvalue weighted by atomic mass is 16.3.